The van der Waals surface area contributed by atoms with E-state index in [1.165, 1.54) is 0 Å². The van der Waals surface area contributed by atoms with Crippen LogP contribution in [0.3, 0.4) is 0 Å². The van der Waals surface area contributed by atoms with E-state index in [0.29, 0.717) is 11.0 Å². The average Bonchev–Trinajstić information content (AvgIpc) is 2.43. The molecule has 4 fully saturated rings. The molecule has 4 saturated heterocycles. The summed E-state index contributed by atoms with van der Waals surface area (Å²) in [5.74, 6) is 0.546. The number of nitrogens with zero attached hydrogens (tertiary/aromatic N) is 1. The summed E-state index contributed by atoms with van der Waals surface area (Å²) in [6.45, 7) is 3.09. The minimum Gasteiger partial charge on any atom is -0.347 e. The van der Waals surface area contributed by atoms with Crippen LogP contribution in [-0.2, 0) is 4.79 Å². The third kappa shape index (κ3) is 0.966. The number of fused-ring (bicyclic) bond motifs is 2. The maximum atomic E-state index is 11.9. The fourth-order valence-electron chi connectivity index (χ4n) is 2.97. The van der Waals surface area contributed by atoms with Crippen LogP contribution in [0.25, 0.3) is 0 Å². The Balaban J connectivity index is 1.96. The summed E-state index contributed by atoms with van der Waals surface area (Å²) < 4.78 is 0. The molecular weight excluding hydrogens is 198 g/mol. The second-order valence-electron chi connectivity index (χ2n) is 4.43. The van der Waals surface area contributed by atoms with E-state index in [0.717, 1.165) is 32.5 Å². The van der Waals surface area contributed by atoms with Gasteiger partial charge in [0, 0.05) is 6.54 Å². The number of piperidine rings is 3. The normalized spacial score (nSPS) is 45.4. The second kappa shape index (κ2) is 2.67. The number of amides is 1. The predicted octanol–water partition coefficient (Wildman–Crippen LogP) is -0.545. The molecule has 1 unspecified atom stereocenters. The summed E-state index contributed by atoms with van der Waals surface area (Å²) in [7, 11) is 0. The smallest absolute Gasteiger partial charge is 0.253 e. The zero-order valence-corrected chi connectivity index (χ0v) is 8.69. The van der Waals surface area contributed by atoms with Crippen LogP contribution in [0.1, 0.15) is 12.8 Å². The number of nitrogens with one attached hydrogen (secondary N) is 2. The molecular formula is C9H13N3OS. The molecule has 0 aromatic heterocycles. The molecule has 1 atom stereocenters. The molecule has 76 valence electrons. The molecule has 4 heterocycles. The summed E-state index contributed by atoms with van der Waals surface area (Å²) in [4.78, 5) is 14.2. The average molecular weight is 211 g/mol. The molecule has 4 aliphatic heterocycles. The Morgan fingerprint density at radius 1 is 1.43 bits per heavy atom. The zero-order chi connectivity index (χ0) is 9.76. The van der Waals surface area contributed by atoms with E-state index in [4.69, 9.17) is 12.2 Å². The fraction of sp³-hybridized carbons (Fsp3) is 0.778. The maximum Gasteiger partial charge on any atom is 0.253 e. The minimum atomic E-state index is -0.395. The van der Waals surface area contributed by atoms with Crippen LogP contribution in [0.4, 0.5) is 0 Å². The largest absolute Gasteiger partial charge is 0.347 e. The number of carbonyl (C=O) groups is 1. The van der Waals surface area contributed by atoms with E-state index >= 15 is 0 Å². The van der Waals surface area contributed by atoms with E-state index in [1.54, 1.807) is 0 Å². The van der Waals surface area contributed by atoms with Crippen molar-refractivity contribution < 1.29 is 4.79 Å². The first-order valence-corrected chi connectivity index (χ1v) is 5.47. The highest BCUT2D eigenvalue weighted by molar-refractivity contribution is 7.80. The van der Waals surface area contributed by atoms with E-state index in [9.17, 15) is 4.79 Å². The number of carbonyl (C=O) groups excluding carboxylic acids is 1. The molecule has 14 heavy (non-hydrogen) atoms. The molecule has 2 bridgehead atoms. The van der Waals surface area contributed by atoms with Gasteiger partial charge in [-0.2, -0.15) is 0 Å². The van der Waals surface area contributed by atoms with Crippen LogP contribution in [0.2, 0.25) is 0 Å². The Bertz CT molecular complexity index is 311. The van der Waals surface area contributed by atoms with Gasteiger partial charge in [-0.15, -0.1) is 0 Å². The lowest BCUT2D eigenvalue weighted by molar-refractivity contribution is -0.131. The van der Waals surface area contributed by atoms with Crippen LogP contribution in [0, 0.1) is 5.92 Å². The first-order chi connectivity index (χ1) is 6.71. The van der Waals surface area contributed by atoms with Gasteiger partial charge in [0.1, 0.15) is 5.54 Å². The topological polar surface area (TPSA) is 44.4 Å². The van der Waals surface area contributed by atoms with Gasteiger partial charge in [-0.1, -0.05) is 0 Å². The van der Waals surface area contributed by atoms with Crippen molar-refractivity contribution in [2.24, 2.45) is 5.92 Å². The van der Waals surface area contributed by atoms with Gasteiger partial charge in [0.25, 0.3) is 5.91 Å². The monoisotopic (exact) mass is 211 g/mol. The van der Waals surface area contributed by atoms with Gasteiger partial charge < -0.3 is 15.5 Å². The Labute approximate surface area is 88.0 Å². The molecule has 4 aliphatic rings. The third-order valence-corrected chi connectivity index (χ3v) is 3.93. The fourth-order valence-corrected chi connectivity index (χ4v) is 3.24. The number of thiocarbonyl (C=S) groups is 1. The molecule has 0 aromatic carbocycles. The first-order valence-electron chi connectivity index (χ1n) is 5.07. The van der Waals surface area contributed by atoms with Gasteiger partial charge in [-0.3, -0.25) is 4.79 Å². The van der Waals surface area contributed by atoms with Crippen LogP contribution in [0.15, 0.2) is 0 Å². The molecule has 4 nitrogen and oxygen atoms in total. The summed E-state index contributed by atoms with van der Waals surface area (Å²) in [5.41, 5.74) is -0.395. The van der Waals surface area contributed by atoms with Gasteiger partial charge in [-0.25, -0.2) is 0 Å². The minimum absolute atomic E-state index is 0.0805. The van der Waals surface area contributed by atoms with E-state index in [-0.39, 0.29) is 5.91 Å². The number of rotatable bonds is 0. The molecule has 0 aromatic rings. The second-order valence-corrected chi connectivity index (χ2v) is 4.84. The summed E-state index contributed by atoms with van der Waals surface area (Å²) in [6.07, 6.45) is 2.23. The Hall–Kier alpha value is -0.680. The Morgan fingerprint density at radius 3 is 2.57 bits per heavy atom. The molecule has 0 saturated carbocycles. The first kappa shape index (κ1) is 8.61. The van der Waals surface area contributed by atoms with Crippen molar-refractivity contribution in [2.45, 2.75) is 18.4 Å². The zero-order valence-electron chi connectivity index (χ0n) is 7.88. The highest BCUT2D eigenvalue weighted by Gasteiger charge is 2.55. The summed E-state index contributed by atoms with van der Waals surface area (Å²) in [6, 6.07) is 0. The van der Waals surface area contributed by atoms with Crippen molar-refractivity contribution in [3.63, 3.8) is 0 Å². The van der Waals surface area contributed by atoms with Gasteiger partial charge >= 0.3 is 0 Å². The van der Waals surface area contributed by atoms with E-state index in [1.807, 2.05) is 0 Å². The molecule has 0 radical (unpaired) electrons. The van der Waals surface area contributed by atoms with Crippen LogP contribution >= 0.6 is 12.2 Å². The molecule has 4 rings (SSSR count). The number of hydrogen-bond acceptors (Lipinski definition) is 3. The number of hydrogen-bond donors (Lipinski definition) is 2. The molecule has 5 heteroatoms. The molecule has 1 amide bonds. The standard InChI is InChI=1S/C9H13N3OS/c13-7-9(11-8(14)10-7)5-12-3-1-6(9)2-4-12/h6H,1-5H2,(H2,10,11,13,14). The molecule has 1 spiro atoms. The Kier molecular flexibility index (Phi) is 1.64. The van der Waals surface area contributed by atoms with E-state index in [2.05, 4.69) is 15.5 Å². The van der Waals surface area contributed by atoms with Gasteiger partial charge in [-0.05, 0) is 44.1 Å². The van der Waals surface area contributed by atoms with E-state index < -0.39 is 5.54 Å². The van der Waals surface area contributed by atoms with Crippen molar-refractivity contribution in [3.05, 3.63) is 0 Å². The quantitative estimate of drug-likeness (QED) is 0.528. The highest BCUT2D eigenvalue weighted by atomic mass is 32.1. The summed E-state index contributed by atoms with van der Waals surface area (Å²) >= 11 is 5.00. The van der Waals surface area contributed by atoms with Crippen LogP contribution in [-0.4, -0.2) is 41.1 Å². The highest BCUT2D eigenvalue weighted by Crippen LogP contribution is 2.37. The lowest BCUT2D eigenvalue weighted by atomic mass is 9.73. The van der Waals surface area contributed by atoms with Crippen molar-refractivity contribution in [2.75, 3.05) is 19.6 Å². The van der Waals surface area contributed by atoms with Crippen molar-refractivity contribution in [1.82, 2.24) is 15.5 Å². The van der Waals surface area contributed by atoms with Crippen LogP contribution in [0.5, 0.6) is 0 Å². The van der Waals surface area contributed by atoms with Gasteiger partial charge in [0.05, 0.1) is 0 Å². The van der Waals surface area contributed by atoms with Crippen molar-refractivity contribution in [1.29, 1.82) is 0 Å². The third-order valence-electron chi connectivity index (χ3n) is 3.73. The maximum absolute atomic E-state index is 11.9. The van der Waals surface area contributed by atoms with Gasteiger partial charge in [0.15, 0.2) is 5.11 Å². The van der Waals surface area contributed by atoms with Crippen molar-refractivity contribution >= 4 is 23.2 Å². The molecule has 2 N–H and O–H groups in total. The molecule has 0 aliphatic carbocycles. The predicted molar refractivity (Wildman–Crippen MR) is 55.8 cm³/mol. The SMILES string of the molecule is O=C1NC(=S)NC12CN1CCC2CC1. The lowest BCUT2D eigenvalue weighted by Gasteiger charge is -2.49. The summed E-state index contributed by atoms with van der Waals surface area (Å²) in [5, 5.41) is 6.40. The Morgan fingerprint density at radius 2 is 2.14 bits per heavy atom. The van der Waals surface area contributed by atoms with Crippen LogP contribution < -0.4 is 10.6 Å². The van der Waals surface area contributed by atoms with Gasteiger partial charge in [0.2, 0.25) is 0 Å². The van der Waals surface area contributed by atoms with Crippen molar-refractivity contribution in [3.8, 4) is 0 Å². The lowest BCUT2D eigenvalue weighted by Crippen LogP contribution is -2.67.